The summed E-state index contributed by atoms with van der Waals surface area (Å²) in [5, 5.41) is 11.4. The van der Waals surface area contributed by atoms with Gasteiger partial charge < -0.3 is 10.4 Å². The maximum atomic E-state index is 10.9. The lowest BCUT2D eigenvalue weighted by Gasteiger charge is -2.00. The van der Waals surface area contributed by atoms with Gasteiger partial charge in [-0.25, -0.2) is 4.98 Å². The van der Waals surface area contributed by atoms with Crippen molar-refractivity contribution in [2.24, 2.45) is 0 Å². The molecular formula is C8H10N2O2. The van der Waals surface area contributed by atoms with Crippen molar-refractivity contribution in [2.75, 3.05) is 5.32 Å². The topological polar surface area (TPSA) is 62.2 Å². The Bertz CT molecular complexity index is 269. The summed E-state index contributed by atoms with van der Waals surface area (Å²) in [5.41, 5.74) is 0. The summed E-state index contributed by atoms with van der Waals surface area (Å²) in [6.45, 7) is 1.76. The van der Waals surface area contributed by atoms with E-state index >= 15 is 0 Å². The highest BCUT2D eigenvalue weighted by Crippen LogP contribution is 2.09. The van der Waals surface area contributed by atoms with Crippen LogP contribution in [-0.2, 0) is 4.79 Å². The number of hydrogen-bond acceptors (Lipinski definition) is 3. The fourth-order valence-electron chi connectivity index (χ4n) is 0.691. The quantitative estimate of drug-likeness (QED) is 0.692. The Morgan fingerprint density at radius 3 is 2.92 bits per heavy atom. The molecule has 0 unspecified atom stereocenters. The van der Waals surface area contributed by atoms with E-state index in [0.29, 0.717) is 12.2 Å². The number of aromatic hydroxyl groups is 1. The van der Waals surface area contributed by atoms with Gasteiger partial charge in [0, 0.05) is 6.42 Å². The number of amides is 1. The standard InChI is InChI=1S/C8H10N2O2/c1-2-8(12)10-7-4-3-6(11)5-9-7/h3-5,11H,2H2,1H3,(H,9,10,12). The summed E-state index contributed by atoms with van der Waals surface area (Å²) in [7, 11) is 0. The number of anilines is 1. The summed E-state index contributed by atoms with van der Waals surface area (Å²) in [6, 6.07) is 3.02. The van der Waals surface area contributed by atoms with E-state index in [9.17, 15) is 4.79 Å². The first-order valence-corrected chi connectivity index (χ1v) is 3.67. The molecule has 64 valence electrons. The van der Waals surface area contributed by atoms with Crippen LogP contribution < -0.4 is 5.32 Å². The van der Waals surface area contributed by atoms with Gasteiger partial charge in [-0.05, 0) is 12.1 Å². The number of carbonyl (C=O) groups is 1. The van der Waals surface area contributed by atoms with Gasteiger partial charge >= 0.3 is 0 Å². The van der Waals surface area contributed by atoms with E-state index in [1.807, 2.05) is 0 Å². The number of pyridine rings is 1. The molecule has 0 saturated carbocycles. The minimum Gasteiger partial charge on any atom is -0.506 e. The number of nitrogens with zero attached hydrogens (tertiary/aromatic N) is 1. The fourth-order valence-corrected chi connectivity index (χ4v) is 0.691. The Kier molecular flexibility index (Phi) is 2.63. The molecule has 2 N–H and O–H groups in total. The molecule has 1 aromatic heterocycles. The lowest BCUT2D eigenvalue weighted by molar-refractivity contribution is -0.115. The van der Waals surface area contributed by atoms with Crippen LogP contribution in [0.4, 0.5) is 5.82 Å². The maximum absolute atomic E-state index is 10.9. The van der Waals surface area contributed by atoms with E-state index in [1.165, 1.54) is 12.3 Å². The van der Waals surface area contributed by atoms with Crippen LogP contribution in [0.3, 0.4) is 0 Å². The minimum atomic E-state index is -0.0896. The van der Waals surface area contributed by atoms with Crippen LogP contribution in [0.5, 0.6) is 5.75 Å². The number of hydrogen-bond donors (Lipinski definition) is 2. The van der Waals surface area contributed by atoms with Crippen LogP contribution in [-0.4, -0.2) is 16.0 Å². The molecule has 0 bridgehead atoms. The van der Waals surface area contributed by atoms with Crippen molar-refractivity contribution in [1.29, 1.82) is 0 Å². The summed E-state index contributed by atoms with van der Waals surface area (Å²) in [6.07, 6.45) is 1.70. The second kappa shape index (κ2) is 3.71. The summed E-state index contributed by atoms with van der Waals surface area (Å²) < 4.78 is 0. The smallest absolute Gasteiger partial charge is 0.225 e. The molecule has 1 heterocycles. The van der Waals surface area contributed by atoms with Gasteiger partial charge in [-0.15, -0.1) is 0 Å². The van der Waals surface area contributed by atoms with Crippen molar-refractivity contribution in [2.45, 2.75) is 13.3 Å². The molecule has 0 aliphatic heterocycles. The first kappa shape index (κ1) is 8.52. The average molecular weight is 166 g/mol. The molecule has 0 saturated heterocycles. The van der Waals surface area contributed by atoms with E-state index in [-0.39, 0.29) is 11.7 Å². The SMILES string of the molecule is CCC(=O)Nc1ccc(O)cn1. The first-order chi connectivity index (χ1) is 5.72. The molecule has 4 heteroatoms. The number of aromatic nitrogens is 1. The van der Waals surface area contributed by atoms with Gasteiger partial charge in [0.15, 0.2) is 0 Å². The Labute approximate surface area is 70.3 Å². The lowest BCUT2D eigenvalue weighted by Crippen LogP contribution is -2.10. The summed E-state index contributed by atoms with van der Waals surface area (Å²) in [4.78, 5) is 14.6. The van der Waals surface area contributed by atoms with Gasteiger partial charge in [-0.2, -0.15) is 0 Å². The normalized spacial score (nSPS) is 9.42. The van der Waals surface area contributed by atoms with E-state index in [2.05, 4.69) is 10.3 Å². The molecule has 1 aromatic rings. The van der Waals surface area contributed by atoms with Crippen LogP contribution in [0.25, 0.3) is 0 Å². The lowest BCUT2D eigenvalue weighted by atomic mass is 10.4. The van der Waals surface area contributed by atoms with Crippen LogP contribution >= 0.6 is 0 Å². The van der Waals surface area contributed by atoms with Crippen molar-refractivity contribution in [3.8, 4) is 5.75 Å². The van der Waals surface area contributed by atoms with E-state index in [0.717, 1.165) is 0 Å². The van der Waals surface area contributed by atoms with Crippen LogP contribution in [0.1, 0.15) is 13.3 Å². The second-order valence-electron chi connectivity index (χ2n) is 2.30. The minimum absolute atomic E-state index is 0.0875. The molecule has 0 atom stereocenters. The molecule has 1 amide bonds. The van der Waals surface area contributed by atoms with E-state index in [1.54, 1.807) is 13.0 Å². The van der Waals surface area contributed by atoms with E-state index < -0.39 is 0 Å². The molecule has 0 aliphatic rings. The van der Waals surface area contributed by atoms with Gasteiger partial charge in [0.25, 0.3) is 0 Å². The monoisotopic (exact) mass is 166 g/mol. The summed E-state index contributed by atoms with van der Waals surface area (Å²) >= 11 is 0. The van der Waals surface area contributed by atoms with Crippen LogP contribution in [0.15, 0.2) is 18.3 Å². The Balaban J connectivity index is 2.64. The molecule has 0 fully saturated rings. The van der Waals surface area contributed by atoms with Crippen molar-refractivity contribution >= 4 is 11.7 Å². The van der Waals surface area contributed by atoms with Crippen molar-refractivity contribution in [3.05, 3.63) is 18.3 Å². The first-order valence-electron chi connectivity index (χ1n) is 3.67. The van der Waals surface area contributed by atoms with Gasteiger partial charge in [-0.1, -0.05) is 6.92 Å². The molecule has 0 spiro atoms. The molecule has 0 aromatic carbocycles. The highest BCUT2D eigenvalue weighted by atomic mass is 16.3. The zero-order valence-electron chi connectivity index (χ0n) is 6.74. The molecule has 0 aliphatic carbocycles. The number of carbonyl (C=O) groups excluding carboxylic acids is 1. The fraction of sp³-hybridized carbons (Fsp3) is 0.250. The van der Waals surface area contributed by atoms with E-state index in [4.69, 9.17) is 5.11 Å². The van der Waals surface area contributed by atoms with Gasteiger partial charge in [-0.3, -0.25) is 4.79 Å². The third-order valence-electron chi connectivity index (χ3n) is 1.34. The summed E-state index contributed by atoms with van der Waals surface area (Å²) in [5.74, 6) is 0.456. The van der Waals surface area contributed by atoms with Gasteiger partial charge in [0.1, 0.15) is 11.6 Å². The molecule has 4 nitrogen and oxygen atoms in total. The molecule has 0 radical (unpaired) electrons. The van der Waals surface area contributed by atoms with Gasteiger partial charge in [0.2, 0.25) is 5.91 Å². The Morgan fingerprint density at radius 1 is 1.67 bits per heavy atom. The molecule has 12 heavy (non-hydrogen) atoms. The third-order valence-corrected chi connectivity index (χ3v) is 1.34. The van der Waals surface area contributed by atoms with Crippen LogP contribution in [0.2, 0.25) is 0 Å². The zero-order valence-corrected chi connectivity index (χ0v) is 6.74. The third kappa shape index (κ3) is 2.23. The Morgan fingerprint density at radius 2 is 2.42 bits per heavy atom. The second-order valence-corrected chi connectivity index (χ2v) is 2.30. The van der Waals surface area contributed by atoms with Crippen molar-refractivity contribution in [1.82, 2.24) is 4.98 Å². The number of nitrogens with one attached hydrogen (secondary N) is 1. The highest BCUT2D eigenvalue weighted by molar-refractivity contribution is 5.89. The zero-order chi connectivity index (χ0) is 8.97. The van der Waals surface area contributed by atoms with Crippen molar-refractivity contribution in [3.63, 3.8) is 0 Å². The molecular weight excluding hydrogens is 156 g/mol. The van der Waals surface area contributed by atoms with Crippen molar-refractivity contribution < 1.29 is 9.90 Å². The largest absolute Gasteiger partial charge is 0.506 e. The number of rotatable bonds is 2. The maximum Gasteiger partial charge on any atom is 0.225 e. The predicted octanol–water partition coefficient (Wildman–Crippen LogP) is 1.14. The average Bonchev–Trinajstić information content (AvgIpc) is 2.09. The Hall–Kier alpha value is -1.58. The molecule has 1 rings (SSSR count). The van der Waals surface area contributed by atoms with Gasteiger partial charge in [0.05, 0.1) is 6.20 Å². The van der Waals surface area contributed by atoms with Crippen LogP contribution in [0, 0.1) is 0 Å². The predicted molar refractivity (Wildman–Crippen MR) is 44.8 cm³/mol. The highest BCUT2D eigenvalue weighted by Gasteiger charge is 1.98.